The summed E-state index contributed by atoms with van der Waals surface area (Å²) >= 11 is 0. The summed E-state index contributed by atoms with van der Waals surface area (Å²) in [4.78, 5) is 35.7. The van der Waals surface area contributed by atoms with Gasteiger partial charge >= 0.3 is 5.97 Å². The zero-order valence-electron chi connectivity index (χ0n) is 13.2. The maximum atomic E-state index is 11.3. The number of H-pyrrole nitrogens is 1. The molecule has 0 bridgehead atoms. The Balaban J connectivity index is 0.000000245. The minimum absolute atomic E-state index is 0.0896. The molecule has 2 rings (SSSR count). The number of nitrogens with one attached hydrogen (secondary N) is 3. The highest BCUT2D eigenvalue weighted by atomic mass is 16.4. The van der Waals surface area contributed by atoms with Crippen LogP contribution in [0, 0.1) is 0 Å². The lowest BCUT2D eigenvalue weighted by Gasteiger charge is -2.11. The lowest BCUT2D eigenvalue weighted by atomic mass is 10.2. The second kappa shape index (κ2) is 10.2. The Labute approximate surface area is 137 Å². The summed E-state index contributed by atoms with van der Waals surface area (Å²) in [5, 5.41) is 19.8. The first-order chi connectivity index (χ1) is 11.5. The Kier molecular flexibility index (Phi) is 8.25. The van der Waals surface area contributed by atoms with Crippen LogP contribution in [0.4, 0.5) is 5.95 Å². The van der Waals surface area contributed by atoms with Gasteiger partial charge in [0.25, 0.3) is 5.56 Å². The minimum Gasteiger partial charge on any atom is -0.480 e. The quantitative estimate of drug-likeness (QED) is 0.265. The Hall–Kier alpha value is -2.63. The number of aliphatic hydroxyl groups is 1. The topological polar surface area (TPSA) is 179 Å². The lowest BCUT2D eigenvalue weighted by Crippen LogP contribution is -2.37. The summed E-state index contributed by atoms with van der Waals surface area (Å²) in [6.07, 6.45) is 4.05. The molecule has 0 fully saturated rings. The molecular weight excluding hydrogens is 318 g/mol. The zero-order valence-corrected chi connectivity index (χ0v) is 13.2. The van der Waals surface area contributed by atoms with E-state index in [1.54, 1.807) is 0 Å². The molecule has 11 nitrogen and oxygen atoms in total. The van der Waals surface area contributed by atoms with Crippen molar-refractivity contribution >= 4 is 23.1 Å². The predicted octanol–water partition coefficient (Wildman–Crippen LogP) is -1.18. The average molecular weight is 339 g/mol. The second-order valence-corrected chi connectivity index (χ2v) is 4.64. The number of aliphatic carboxylic acids is 1. The normalized spacial score (nSPS) is 11.5. The van der Waals surface area contributed by atoms with Crippen LogP contribution in [-0.2, 0) is 4.79 Å². The molecule has 0 aromatic carbocycles. The van der Waals surface area contributed by atoms with E-state index in [2.05, 4.69) is 30.7 Å². The van der Waals surface area contributed by atoms with E-state index in [4.69, 9.17) is 16.1 Å². The van der Waals surface area contributed by atoms with Crippen LogP contribution >= 0.6 is 0 Å². The number of carbonyl (C=O) groups is 1. The van der Waals surface area contributed by atoms with Gasteiger partial charge in [-0.25, -0.2) is 15.8 Å². The number of hydrogen-bond acceptors (Lipinski definition) is 9. The molecular formula is C13H21N7O4. The smallest absolute Gasteiger partial charge is 0.320 e. The highest BCUT2D eigenvalue weighted by Crippen LogP contribution is 1.99. The predicted molar refractivity (Wildman–Crippen MR) is 87.2 cm³/mol. The number of aromatic amines is 1. The number of nitrogen functional groups attached to an aromatic ring is 1. The van der Waals surface area contributed by atoms with Crippen molar-refractivity contribution in [3.05, 3.63) is 22.7 Å². The van der Waals surface area contributed by atoms with Crippen molar-refractivity contribution in [1.29, 1.82) is 0 Å². The van der Waals surface area contributed by atoms with Gasteiger partial charge in [0.15, 0.2) is 11.2 Å². The number of aromatic nitrogens is 4. The monoisotopic (exact) mass is 339 g/mol. The Bertz CT molecular complexity index is 706. The first kappa shape index (κ1) is 19.4. The lowest BCUT2D eigenvalue weighted by molar-refractivity contribution is -0.139. The Morgan fingerprint density at radius 1 is 1.42 bits per heavy atom. The van der Waals surface area contributed by atoms with Crippen LogP contribution in [0.1, 0.15) is 19.8 Å². The molecule has 0 amide bonds. The van der Waals surface area contributed by atoms with Crippen molar-refractivity contribution in [3.63, 3.8) is 0 Å². The van der Waals surface area contributed by atoms with E-state index in [0.29, 0.717) is 6.54 Å². The number of nitrogens with zero attached hydrogens (tertiary/aromatic N) is 3. The van der Waals surface area contributed by atoms with Crippen molar-refractivity contribution in [1.82, 2.24) is 25.3 Å². The maximum Gasteiger partial charge on any atom is 0.320 e. The van der Waals surface area contributed by atoms with Crippen LogP contribution in [0.5, 0.6) is 0 Å². The molecule has 132 valence electrons. The largest absolute Gasteiger partial charge is 0.480 e. The van der Waals surface area contributed by atoms with Gasteiger partial charge in [-0.15, -0.1) is 0 Å². The summed E-state index contributed by atoms with van der Waals surface area (Å²) < 4.78 is 0. The van der Waals surface area contributed by atoms with Crippen molar-refractivity contribution in [3.8, 4) is 0 Å². The van der Waals surface area contributed by atoms with Gasteiger partial charge in [0.2, 0.25) is 5.95 Å². The van der Waals surface area contributed by atoms with Gasteiger partial charge in [-0.3, -0.25) is 20.0 Å². The number of aliphatic hydroxyl groups excluding tert-OH is 1. The molecule has 11 heteroatoms. The standard InChI is InChI=1S/C7H15NO3.C6H6N6O/c1-2-4-8-6(3-5-9)7(10)11;7-12-6-10-4-3(5(13)11-6)8-1-2-9-4/h6,8-9H,2-5H2,1H3,(H,10,11);1-2H,7H2,(H2,9,10,11,12,13). The van der Waals surface area contributed by atoms with Crippen LogP contribution in [0.3, 0.4) is 0 Å². The van der Waals surface area contributed by atoms with Crippen LogP contribution in [0.15, 0.2) is 17.2 Å². The van der Waals surface area contributed by atoms with E-state index in [0.717, 1.165) is 6.42 Å². The Morgan fingerprint density at radius 3 is 2.71 bits per heavy atom. The third kappa shape index (κ3) is 5.87. The zero-order chi connectivity index (χ0) is 17.9. The highest BCUT2D eigenvalue weighted by Gasteiger charge is 2.14. The summed E-state index contributed by atoms with van der Waals surface area (Å²) in [7, 11) is 0. The van der Waals surface area contributed by atoms with Crippen LogP contribution in [-0.4, -0.2) is 55.3 Å². The highest BCUT2D eigenvalue weighted by molar-refractivity contribution is 5.73. The number of fused-ring (bicyclic) bond motifs is 1. The molecule has 0 aliphatic rings. The molecule has 1 unspecified atom stereocenters. The molecule has 2 aromatic heterocycles. The maximum absolute atomic E-state index is 11.3. The second-order valence-electron chi connectivity index (χ2n) is 4.64. The molecule has 24 heavy (non-hydrogen) atoms. The number of hydrazine groups is 1. The van der Waals surface area contributed by atoms with Gasteiger partial charge in [0.1, 0.15) is 6.04 Å². The van der Waals surface area contributed by atoms with E-state index in [1.807, 2.05) is 6.92 Å². The van der Waals surface area contributed by atoms with E-state index in [-0.39, 0.29) is 35.7 Å². The van der Waals surface area contributed by atoms with Crippen LogP contribution in [0.25, 0.3) is 11.2 Å². The molecule has 0 spiro atoms. The number of carboxylic acid groups (broad SMARTS) is 1. The molecule has 2 aromatic rings. The van der Waals surface area contributed by atoms with Crippen molar-refractivity contribution < 1.29 is 15.0 Å². The number of carboxylic acids is 1. The molecule has 0 aliphatic heterocycles. The molecule has 0 radical (unpaired) electrons. The SMILES string of the molecule is CCCNC(CCO)C(=O)O.NNc1nc2nccnc2c(=O)[nH]1. The third-order valence-electron chi connectivity index (χ3n) is 2.84. The summed E-state index contributed by atoms with van der Waals surface area (Å²) in [5.74, 6) is 4.35. The van der Waals surface area contributed by atoms with Crippen LogP contribution in [0.2, 0.25) is 0 Å². The van der Waals surface area contributed by atoms with Gasteiger partial charge in [0, 0.05) is 19.0 Å². The molecule has 7 N–H and O–H groups in total. The number of rotatable bonds is 7. The fraction of sp³-hybridized carbons (Fsp3) is 0.462. The summed E-state index contributed by atoms with van der Waals surface area (Å²) in [5.41, 5.74) is 2.32. The van der Waals surface area contributed by atoms with Crippen molar-refractivity contribution in [2.45, 2.75) is 25.8 Å². The first-order valence-electron chi connectivity index (χ1n) is 7.28. The molecule has 2 heterocycles. The number of nitrogens with two attached hydrogens (primary N) is 1. The Morgan fingerprint density at radius 2 is 2.12 bits per heavy atom. The molecule has 0 aliphatic carbocycles. The summed E-state index contributed by atoms with van der Waals surface area (Å²) in [6.45, 7) is 2.55. The van der Waals surface area contributed by atoms with Gasteiger partial charge in [-0.05, 0) is 19.4 Å². The van der Waals surface area contributed by atoms with E-state index >= 15 is 0 Å². The van der Waals surface area contributed by atoms with Gasteiger partial charge in [-0.2, -0.15) is 4.98 Å². The molecule has 0 saturated heterocycles. The number of anilines is 1. The summed E-state index contributed by atoms with van der Waals surface area (Å²) in [6, 6.07) is -0.597. The van der Waals surface area contributed by atoms with Crippen molar-refractivity contribution in [2.75, 3.05) is 18.6 Å². The van der Waals surface area contributed by atoms with E-state index < -0.39 is 12.0 Å². The fourth-order valence-electron chi connectivity index (χ4n) is 1.70. The number of hydrogen-bond donors (Lipinski definition) is 6. The van der Waals surface area contributed by atoms with Crippen LogP contribution < -0.4 is 22.1 Å². The fourth-order valence-corrected chi connectivity index (χ4v) is 1.70. The first-order valence-corrected chi connectivity index (χ1v) is 7.28. The van der Waals surface area contributed by atoms with Gasteiger partial charge in [-0.1, -0.05) is 6.92 Å². The van der Waals surface area contributed by atoms with Gasteiger partial charge < -0.3 is 15.5 Å². The van der Waals surface area contributed by atoms with E-state index in [9.17, 15) is 9.59 Å². The van der Waals surface area contributed by atoms with Crippen molar-refractivity contribution in [2.24, 2.45) is 5.84 Å². The van der Waals surface area contributed by atoms with E-state index in [1.165, 1.54) is 12.4 Å². The average Bonchev–Trinajstić information content (AvgIpc) is 2.59. The molecule has 0 saturated carbocycles. The van der Waals surface area contributed by atoms with Gasteiger partial charge in [0.05, 0.1) is 0 Å². The minimum atomic E-state index is -0.896. The molecule has 1 atom stereocenters. The third-order valence-corrected chi connectivity index (χ3v) is 2.84.